The maximum absolute atomic E-state index is 2.67. The Bertz CT molecular complexity index is 3700. The lowest BCUT2D eigenvalue weighted by molar-refractivity contribution is 0.827. The van der Waals surface area contributed by atoms with E-state index in [-0.39, 0.29) is 0 Å². The van der Waals surface area contributed by atoms with Gasteiger partial charge < -0.3 is 0 Å². The second kappa shape index (κ2) is 20.7. The Morgan fingerprint density at radius 1 is 0.276 bits per heavy atom. The quantitative estimate of drug-likeness (QED) is 0.157. The van der Waals surface area contributed by atoms with Gasteiger partial charge in [0.1, 0.15) is 0 Å². The second-order valence-corrected chi connectivity index (χ2v) is 22.9. The van der Waals surface area contributed by atoms with Gasteiger partial charge in [0.05, 0.1) is 0 Å². The number of allylic oxidation sites excluding steroid dienone is 32. The van der Waals surface area contributed by atoms with Crippen molar-refractivity contribution < 1.29 is 0 Å². The van der Waals surface area contributed by atoms with E-state index in [0.717, 1.165) is 116 Å². The third-order valence-corrected chi connectivity index (χ3v) is 18.5. The van der Waals surface area contributed by atoms with Gasteiger partial charge in [0, 0.05) is 11.8 Å². The molecule has 10 aliphatic carbocycles. The molecular formula is C76H70. The van der Waals surface area contributed by atoms with E-state index >= 15 is 0 Å². The van der Waals surface area contributed by atoms with Crippen LogP contribution in [-0.2, 0) is 0 Å². The first-order chi connectivity index (χ1) is 37.7. The summed E-state index contributed by atoms with van der Waals surface area (Å²) in [5.74, 6) is 0.810. The molecule has 2 atom stereocenters. The molecule has 14 rings (SSSR count). The van der Waals surface area contributed by atoms with Crippen molar-refractivity contribution in [2.24, 2.45) is 11.8 Å². The van der Waals surface area contributed by atoms with E-state index in [2.05, 4.69) is 194 Å². The maximum atomic E-state index is 2.67. The average Bonchev–Trinajstić information content (AvgIpc) is 3.63. The van der Waals surface area contributed by atoms with Crippen LogP contribution in [0.2, 0.25) is 0 Å². The van der Waals surface area contributed by atoms with Gasteiger partial charge in [-0.05, 0) is 247 Å². The van der Waals surface area contributed by atoms with E-state index in [1.54, 1.807) is 0 Å². The van der Waals surface area contributed by atoms with E-state index in [4.69, 9.17) is 0 Å². The Morgan fingerprint density at radius 2 is 0.605 bits per heavy atom. The van der Waals surface area contributed by atoms with Gasteiger partial charge in [0.15, 0.2) is 0 Å². The van der Waals surface area contributed by atoms with E-state index in [9.17, 15) is 0 Å². The largest absolute Gasteiger partial charge is 0.0842 e. The molecule has 0 saturated heterocycles. The van der Waals surface area contributed by atoms with Crippen LogP contribution in [0, 0.1) is 11.8 Å². The first kappa shape index (κ1) is 47.2. The van der Waals surface area contributed by atoms with Crippen LogP contribution in [0.25, 0.3) is 68.1 Å². The zero-order valence-electron chi connectivity index (χ0n) is 44.4. The Kier molecular flexibility index (Phi) is 12.8. The first-order valence-electron chi connectivity index (χ1n) is 29.3. The summed E-state index contributed by atoms with van der Waals surface area (Å²) in [7, 11) is 0. The van der Waals surface area contributed by atoms with Crippen molar-refractivity contribution in [1.29, 1.82) is 0 Å². The fourth-order valence-electron chi connectivity index (χ4n) is 14.6. The van der Waals surface area contributed by atoms with Gasteiger partial charge in [-0.3, -0.25) is 0 Å². The van der Waals surface area contributed by atoms with E-state index in [1.165, 1.54) is 132 Å². The maximum Gasteiger partial charge on any atom is 0.00589 e. The lowest BCUT2D eigenvalue weighted by atomic mass is 9.77. The molecule has 0 aromatic heterocycles. The summed E-state index contributed by atoms with van der Waals surface area (Å²) in [6.07, 6.45) is 78.8. The summed E-state index contributed by atoms with van der Waals surface area (Å²) in [6, 6.07) is 18.8. The molecule has 374 valence electrons. The highest BCUT2D eigenvalue weighted by Gasteiger charge is 2.27. The minimum atomic E-state index is 0.405. The van der Waals surface area contributed by atoms with Crippen LogP contribution < -0.4 is 20.9 Å². The molecule has 0 fully saturated rings. The molecule has 4 aromatic carbocycles. The number of hydrogen-bond donors (Lipinski definition) is 0. The molecule has 10 aliphatic rings. The van der Waals surface area contributed by atoms with Gasteiger partial charge in [-0.25, -0.2) is 0 Å². The van der Waals surface area contributed by atoms with Gasteiger partial charge in [-0.1, -0.05) is 194 Å². The predicted molar refractivity (Wildman–Crippen MR) is 327 cm³/mol. The van der Waals surface area contributed by atoms with Crippen molar-refractivity contribution in [3.63, 3.8) is 0 Å². The van der Waals surface area contributed by atoms with Crippen LogP contribution >= 0.6 is 0 Å². The third-order valence-electron chi connectivity index (χ3n) is 18.5. The minimum Gasteiger partial charge on any atom is -0.0842 e. The molecule has 0 N–H and O–H groups in total. The van der Waals surface area contributed by atoms with Crippen LogP contribution in [-0.4, -0.2) is 0 Å². The lowest BCUT2D eigenvalue weighted by Gasteiger charge is -2.27. The van der Waals surface area contributed by atoms with Gasteiger partial charge in [0.2, 0.25) is 0 Å². The summed E-state index contributed by atoms with van der Waals surface area (Å²) in [5.41, 5.74) is 23.9. The highest BCUT2D eigenvalue weighted by Crippen LogP contribution is 2.42. The normalized spacial score (nSPS) is 22.9. The monoisotopic (exact) mass is 983 g/mol. The van der Waals surface area contributed by atoms with Crippen molar-refractivity contribution in [3.05, 3.63) is 258 Å². The highest BCUT2D eigenvalue weighted by molar-refractivity contribution is 6.04. The van der Waals surface area contributed by atoms with Gasteiger partial charge in [0.25, 0.3) is 0 Å². The van der Waals surface area contributed by atoms with Gasteiger partial charge in [-0.2, -0.15) is 0 Å². The smallest absolute Gasteiger partial charge is 0.00589 e. The zero-order valence-corrected chi connectivity index (χ0v) is 44.4. The Labute approximate surface area is 450 Å². The first-order valence-corrected chi connectivity index (χ1v) is 29.3. The van der Waals surface area contributed by atoms with Crippen molar-refractivity contribution in [2.75, 3.05) is 0 Å². The molecule has 0 heterocycles. The number of benzene rings is 4. The van der Waals surface area contributed by atoms with Gasteiger partial charge in [-0.15, -0.1) is 0 Å². The molecule has 0 bridgehead atoms. The molecule has 0 radical (unpaired) electrons. The van der Waals surface area contributed by atoms with E-state index in [1.807, 2.05) is 0 Å². The summed E-state index contributed by atoms with van der Waals surface area (Å²) in [4.78, 5) is 0. The standard InChI is InChI=1S/C76H70/c1-5-17-51(18-6-1)55-29-41-61(42-30-55)75-67-27-15-13-25-65(67)73(69-47-45-63(49-71(69)75)53-21-9-3-10-22-53)59-37-33-57(34-38-59)58-35-39-60(40-36-58)74-66-26-14-16-28-68(66)76(62-43-31-56(32-44-62)52-19-7-2-8-20-52)72-50-64(46-48-70(72)74)54-23-11-4-12-24-54/h1-2,5,7,9,11,13-17,19,21-29,31,33,35,37,39,41,43,47-50,63-64H,3-4,6,8,10,12,18,20,30,32,34,36,38,40,42,44-46H2. The lowest BCUT2D eigenvalue weighted by Crippen LogP contribution is -2.36. The van der Waals surface area contributed by atoms with E-state index in [0.29, 0.717) is 11.8 Å². The van der Waals surface area contributed by atoms with Gasteiger partial charge >= 0.3 is 0 Å². The molecule has 0 nitrogen and oxygen atoms in total. The second-order valence-electron chi connectivity index (χ2n) is 22.9. The number of rotatable bonds is 9. The van der Waals surface area contributed by atoms with Crippen molar-refractivity contribution >= 4 is 68.1 Å². The average molecular weight is 983 g/mol. The van der Waals surface area contributed by atoms with Crippen molar-refractivity contribution in [1.82, 2.24) is 0 Å². The molecule has 0 saturated carbocycles. The van der Waals surface area contributed by atoms with E-state index < -0.39 is 0 Å². The summed E-state index contributed by atoms with van der Waals surface area (Å²) in [5, 5.41) is 11.5. The molecule has 4 aromatic rings. The number of fused-ring (bicyclic) bond motifs is 4. The van der Waals surface area contributed by atoms with Crippen LogP contribution in [0.4, 0.5) is 0 Å². The predicted octanol–water partition coefficient (Wildman–Crippen LogP) is 17.4. The molecular weight excluding hydrogens is 913 g/mol. The Balaban J connectivity index is 0.842. The molecule has 0 aliphatic heterocycles. The molecule has 0 spiro atoms. The summed E-state index contributed by atoms with van der Waals surface area (Å²) >= 11 is 0. The van der Waals surface area contributed by atoms with Crippen LogP contribution in [0.1, 0.15) is 138 Å². The zero-order chi connectivity index (χ0) is 50.4. The SMILES string of the molecule is C1=CCCC(C2=CC=C(c3c4c(c(C5=CC=C(C6=CC=C(c7c8c(c(C9=CC=C(C%10=CC=CCC%10)CC9)c9ccccc79)=CC(C7=CCCC=C7)CC=8)CC6)CC5)c5ccccc35)=CCC(C3=CCCC=C3)C=4)CC2)=C1. The fourth-order valence-corrected chi connectivity index (χ4v) is 14.6. The molecule has 0 heteroatoms. The third kappa shape index (κ3) is 8.82. The van der Waals surface area contributed by atoms with Crippen LogP contribution in [0.5, 0.6) is 0 Å². The van der Waals surface area contributed by atoms with Crippen LogP contribution in [0.15, 0.2) is 215 Å². The fraction of sp³-hybridized carbons (Fsp3) is 0.263. The molecule has 0 amide bonds. The molecule has 2 unspecified atom stereocenters. The summed E-state index contributed by atoms with van der Waals surface area (Å²) in [6.45, 7) is 0. The Morgan fingerprint density at radius 3 is 0.908 bits per heavy atom. The Hall–Kier alpha value is -7.28. The van der Waals surface area contributed by atoms with Crippen LogP contribution in [0.3, 0.4) is 0 Å². The van der Waals surface area contributed by atoms with Crippen molar-refractivity contribution in [3.8, 4) is 0 Å². The minimum absolute atomic E-state index is 0.405. The summed E-state index contributed by atoms with van der Waals surface area (Å²) < 4.78 is 0. The highest BCUT2D eigenvalue weighted by atomic mass is 14.3. The topological polar surface area (TPSA) is 0 Å². The molecule has 76 heavy (non-hydrogen) atoms. The number of hydrogen-bond acceptors (Lipinski definition) is 0. The van der Waals surface area contributed by atoms with Crippen molar-refractivity contribution in [2.45, 2.75) is 116 Å².